The van der Waals surface area contributed by atoms with Crippen molar-refractivity contribution in [3.8, 4) is 0 Å². The molecule has 9 heteroatoms. The summed E-state index contributed by atoms with van der Waals surface area (Å²) in [7, 11) is 0. The Kier molecular flexibility index (Phi) is 5.57. The SMILES string of the molecule is O=C(Nc1cc(C(F)(F)F)ccc1Cl)C1CC(c2ccc(Br)cc2)NN1. The third kappa shape index (κ3) is 4.37. The van der Waals surface area contributed by atoms with Crippen LogP contribution >= 0.6 is 27.5 Å². The summed E-state index contributed by atoms with van der Waals surface area (Å²) in [5.74, 6) is -0.460. The number of anilines is 1. The number of benzene rings is 2. The second-order valence-corrected chi connectivity index (χ2v) is 7.19. The van der Waals surface area contributed by atoms with Gasteiger partial charge in [-0.25, -0.2) is 10.9 Å². The highest BCUT2D eigenvalue weighted by molar-refractivity contribution is 9.10. The summed E-state index contributed by atoms with van der Waals surface area (Å²) in [4.78, 5) is 12.4. The number of nitrogens with one attached hydrogen (secondary N) is 3. The Morgan fingerprint density at radius 2 is 1.85 bits per heavy atom. The molecule has 138 valence electrons. The van der Waals surface area contributed by atoms with E-state index in [0.29, 0.717) is 6.42 Å². The van der Waals surface area contributed by atoms with E-state index < -0.39 is 23.7 Å². The van der Waals surface area contributed by atoms with Gasteiger partial charge in [0, 0.05) is 10.5 Å². The molecule has 3 rings (SSSR count). The molecule has 1 saturated heterocycles. The molecule has 0 saturated carbocycles. The molecule has 1 amide bonds. The van der Waals surface area contributed by atoms with Crippen LogP contribution in [0.15, 0.2) is 46.9 Å². The van der Waals surface area contributed by atoms with Crippen LogP contribution in [-0.4, -0.2) is 11.9 Å². The third-order valence-corrected chi connectivity index (χ3v) is 4.90. The van der Waals surface area contributed by atoms with Gasteiger partial charge in [0.1, 0.15) is 6.04 Å². The van der Waals surface area contributed by atoms with Crippen LogP contribution in [0.5, 0.6) is 0 Å². The zero-order valence-corrected chi connectivity index (χ0v) is 15.5. The largest absolute Gasteiger partial charge is 0.416 e. The van der Waals surface area contributed by atoms with Gasteiger partial charge >= 0.3 is 6.18 Å². The van der Waals surface area contributed by atoms with Gasteiger partial charge in [0.25, 0.3) is 0 Å². The number of amides is 1. The zero-order valence-electron chi connectivity index (χ0n) is 13.2. The number of halogens is 5. The van der Waals surface area contributed by atoms with Gasteiger partial charge in [0.15, 0.2) is 0 Å². The fraction of sp³-hybridized carbons (Fsp3) is 0.235. The first-order valence-electron chi connectivity index (χ1n) is 7.68. The summed E-state index contributed by atoms with van der Waals surface area (Å²) in [6.07, 6.45) is -4.06. The Labute approximate surface area is 161 Å². The van der Waals surface area contributed by atoms with E-state index in [-0.39, 0.29) is 16.8 Å². The molecule has 1 fully saturated rings. The summed E-state index contributed by atoms with van der Waals surface area (Å²) in [6, 6.07) is 9.77. The molecule has 1 heterocycles. The van der Waals surface area contributed by atoms with Crippen LogP contribution in [0.25, 0.3) is 0 Å². The average molecular weight is 449 g/mol. The molecule has 0 aromatic heterocycles. The van der Waals surface area contributed by atoms with Crippen molar-refractivity contribution in [2.45, 2.75) is 24.7 Å². The van der Waals surface area contributed by atoms with Gasteiger partial charge in [0.05, 0.1) is 16.3 Å². The highest BCUT2D eigenvalue weighted by atomic mass is 79.9. The van der Waals surface area contributed by atoms with Crippen LogP contribution in [0.4, 0.5) is 18.9 Å². The second-order valence-electron chi connectivity index (χ2n) is 5.86. The maximum atomic E-state index is 12.8. The minimum atomic E-state index is -4.51. The summed E-state index contributed by atoms with van der Waals surface area (Å²) in [5, 5.41) is 2.51. The molecule has 0 spiro atoms. The van der Waals surface area contributed by atoms with Crippen molar-refractivity contribution in [1.29, 1.82) is 0 Å². The Bertz CT molecular complexity index is 814. The first-order chi connectivity index (χ1) is 12.2. The van der Waals surface area contributed by atoms with Crippen molar-refractivity contribution >= 4 is 39.1 Å². The van der Waals surface area contributed by atoms with E-state index in [4.69, 9.17) is 11.6 Å². The van der Waals surface area contributed by atoms with Gasteiger partial charge in [-0.15, -0.1) is 0 Å². The third-order valence-electron chi connectivity index (χ3n) is 4.04. The summed E-state index contributed by atoms with van der Waals surface area (Å²) < 4.78 is 39.4. The zero-order chi connectivity index (χ0) is 18.9. The molecule has 1 aliphatic rings. The fourth-order valence-electron chi connectivity index (χ4n) is 2.66. The predicted molar refractivity (Wildman–Crippen MR) is 96.6 cm³/mol. The van der Waals surface area contributed by atoms with Gasteiger partial charge in [-0.2, -0.15) is 13.2 Å². The molecular formula is C17H14BrClF3N3O. The normalized spacial score (nSPS) is 20.2. The van der Waals surface area contributed by atoms with Crippen molar-refractivity contribution in [2.75, 3.05) is 5.32 Å². The van der Waals surface area contributed by atoms with E-state index in [0.717, 1.165) is 28.2 Å². The maximum absolute atomic E-state index is 12.8. The summed E-state index contributed by atoms with van der Waals surface area (Å²) >= 11 is 9.27. The van der Waals surface area contributed by atoms with E-state index in [1.807, 2.05) is 24.3 Å². The molecule has 4 nitrogen and oxygen atoms in total. The molecule has 2 aromatic carbocycles. The molecule has 0 aliphatic carbocycles. The maximum Gasteiger partial charge on any atom is 0.416 e. The van der Waals surface area contributed by atoms with E-state index in [9.17, 15) is 18.0 Å². The smallest absolute Gasteiger partial charge is 0.323 e. The van der Waals surface area contributed by atoms with E-state index >= 15 is 0 Å². The first-order valence-corrected chi connectivity index (χ1v) is 8.85. The molecule has 0 bridgehead atoms. The second kappa shape index (κ2) is 7.56. The Balaban J connectivity index is 1.68. The lowest BCUT2D eigenvalue weighted by molar-refractivity contribution is -0.137. The molecular weight excluding hydrogens is 435 g/mol. The van der Waals surface area contributed by atoms with Gasteiger partial charge in [-0.3, -0.25) is 4.79 Å². The number of hydrogen-bond acceptors (Lipinski definition) is 3. The molecule has 3 N–H and O–H groups in total. The van der Waals surface area contributed by atoms with Gasteiger partial charge in [-0.05, 0) is 42.3 Å². The van der Waals surface area contributed by atoms with Crippen molar-refractivity contribution < 1.29 is 18.0 Å². The van der Waals surface area contributed by atoms with Crippen LogP contribution in [0, 0.1) is 0 Å². The molecule has 2 unspecified atom stereocenters. The Morgan fingerprint density at radius 3 is 2.50 bits per heavy atom. The summed E-state index contributed by atoms with van der Waals surface area (Å²) in [5.41, 5.74) is 5.94. The fourth-order valence-corrected chi connectivity index (χ4v) is 3.09. The molecule has 1 aliphatic heterocycles. The minimum Gasteiger partial charge on any atom is -0.323 e. The van der Waals surface area contributed by atoms with Crippen LogP contribution < -0.4 is 16.2 Å². The molecule has 2 aromatic rings. The lowest BCUT2D eigenvalue weighted by Crippen LogP contribution is -2.39. The molecule has 2 atom stereocenters. The predicted octanol–water partition coefficient (Wildman–Crippen LogP) is 4.67. The number of hydrazine groups is 1. The topological polar surface area (TPSA) is 53.2 Å². The van der Waals surface area contributed by atoms with Crippen LogP contribution in [0.3, 0.4) is 0 Å². The van der Waals surface area contributed by atoms with E-state index in [1.54, 1.807) is 0 Å². The minimum absolute atomic E-state index is 0.0433. The van der Waals surface area contributed by atoms with Crippen LogP contribution in [0.1, 0.15) is 23.6 Å². The monoisotopic (exact) mass is 447 g/mol. The number of hydrogen-bond donors (Lipinski definition) is 3. The molecule has 0 radical (unpaired) electrons. The van der Waals surface area contributed by atoms with Crippen LogP contribution in [-0.2, 0) is 11.0 Å². The first kappa shape index (κ1) is 19.2. The van der Waals surface area contributed by atoms with E-state index in [1.165, 1.54) is 0 Å². The highest BCUT2D eigenvalue weighted by Crippen LogP contribution is 2.34. The quantitative estimate of drug-likeness (QED) is 0.640. The lowest BCUT2D eigenvalue weighted by atomic mass is 10.0. The van der Waals surface area contributed by atoms with Crippen molar-refractivity contribution in [1.82, 2.24) is 10.9 Å². The number of alkyl halides is 3. The van der Waals surface area contributed by atoms with Gasteiger partial charge in [-0.1, -0.05) is 39.7 Å². The van der Waals surface area contributed by atoms with Crippen molar-refractivity contribution in [2.24, 2.45) is 0 Å². The molecule has 26 heavy (non-hydrogen) atoms. The number of carbonyl (C=O) groups is 1. The van der Waals surface area contributed by atoms with Gasteiger partial charge in [0.2, 0.25) is 5.91 Å². The number of rotatable bonds is 3. The average Bonchev–Trinajstić information content (AvgIpc) is 3.06. The van der Waals surface area contributed by atoms with Gasteiger partial charge < -0.3 is 5.32 Å². The number of carbonyl (C=O) groups excluding carboxylic acids is 1. The Morgan fingerprint density at radius 1 is 1.15 bits per heavy atom. The highest BCUT2D eigenvalue weighted by Gasteiger charge is 2.33. The van der Waals surface area contributed by atoms with Crippen molar-refractivity contribution in [3.63, 3.8) is 0 Å². The van der Waals surface area contributed by atoms with Crippen LogP contribution in [0.2, 0.25) is 5.02 Å². The van der Waals surface area contributed by atoms with Crippen molar-refractivity contribution in [3.05, 3.63) is 63.1 Å². The summed E-state index contributed by atoms with van der Waals surface area (Å²) in [6.45, 7) is 0. The Hall–Kier alpha value is -1.61. The van der Waals surface area contributed by atoms with E-state index in [2.05, 4.69) is 32.1 Å². The lowest BCUT2D eigenvalue weighted by Gasteiger charge is -2.14. The standard InChI is InChI=1S/C17H14BrClF3N3O/c18-11-4-1-9(2-5-11)13-8-15(25-24-13)16(26)23-14-7-10(17(20,21)22)3-6-12(14)19/h1-7,13,15,24-25H,8H2,(H,23,26).